The van der Waals surface area contributed by atoms with Gasteiger partial charge in [0.1, 0.15) is 11.2 Å². The number of aliphatic hydroxyl groups is 2. The molecule has 248 valence electrons. The molecule has 50 heavy (non-hydrogen) atoms. The van der Waals surface area contributed by atoms with Crippen LogP contribution >= 0.6 is 45.3 Å². The van der Waals surface area contributed by atoms with Gasteiger partial charge in [-0.2, -0.15) is 0 Å². The zero-order valence-corrected chi connectivity index (χ0v) is 31.5. The second-order valence-corrected chi connectivity index (χ2v) is 17.2. The van der Waals surface area contributed by atoms with Crippen molar-refractivity contribution in [3.8, 4) is 19.5 Å². The summed E-state index contributed by atoms with van der Waals surface area (Å²) in [4.78, 5) is 4.44. The summed E-state index contributed by atoms with van der Waals surface area (Å²) in [5.74, 6) is 0. The van der Waals surface area contributed by atoms with E-state index in [4.69, 9.17) is 0 Å². The van der Waals surface area contributed by atoms with Gasteiger partial charge in [-0.05, 0) is 85.0 Å². The summed E-state index contributed by atoms with van der Waals surface area (Å²) in [6.45, 7) is 8.29. The van der Waals surface area contributed by atoms with Crippen molar-refractivity contribution in [3.05, 3.63) is 188 Å². The van der Waals surface area contributed by atoms with Crippen LogP contribution in [0.4, 0.5) is 0 Å². The molecule has 2 nitrogen and oxygen atoms in total. The van der Waals surface area contributed by atoms with Crippen molar-refractivity contribution in [1.29, 1.82) is 0 Å². The first-order valence-corrected chi connectivity index (χ1v) is 20.0. The summed E-state index contributed by atoms with van der Waals surface area (Å²) in [7, 11) is 0. The molecular formula is C44H36O2S4. The van der Waals surface area contributed by atoms with Gasteiger partial charge in [-0.15, -0.1) is 45.3 Å². The molecule has 0 amide bonds. The average molecular weight is 725 g/mol. The zero-order valence-electron chi connectivity index (χ0n) is 28.2. The number of thiophene rings is 4. The molecule has 0 spiro atoms. The second kappa shape index (κ2) is 12.9. The lowest BCUT2D eigenvalue weighted by Gasteiger charge is -2.30. The van der Waals surface area contributed by atoms with Crippen LogP contribution in [0.25, 0.3) is 28.9 Å². The second-order valence-electron chi connectivity index (χ2n) is 13.2. The van der Waals surface area contributed by atoms with Crippen LogP contribution < -0.4 is 0 Å². The SMILES string of the molecule is Cc1ccc(C(O)(c2ccc(C)cc2)c2ccsc2-c2cc3sc(-c4sccc4C(O)(c4ccc(C)cc4)c4ccc(C)cc4)cc3s2)cc1. The summed E-state index contributed by atoms with van der Waals surface area (Å²) in [6.07, 6.45) is 0. The fourth-order valence-corrected chi connectivity index (χ4v) is 11.3. The van der Waals surface area contributed by atoms with Crippen molar-refractivity contribution in [1.82, 2.24) is 0 Å². The van der Waals surface area contributed by atoms with Gasteiger partial charge in [0.2, 0.25) is 0 Å². The zero-order chi connectivity index (χ0) is 34.6. The predicted octanol–water partition coefficient (Wildman–Crippen LogP) is 12.2. The smallest absolute Gasteiger partial charge is 0.142 e. The highest BCUT2D eigenvalue weighted by atomic mass is 32.1. The molecule has 0 saturated heterocycles. The van der Waals surface area contributed by atoms with Crippen molar-refractivity contribution in [2.75, 3.05) is 0 Å². The minimum Gasteiger partial charge on any atom is -0.376 e. The van der Waals surface area contributed by atoms with Crippen LogP contribution in [0.3, 0.4) is 0 Å². The lowest BCUT2D eigenvalue weighted by molar-refractivity contribution is 0.126. The van der Waals surface area contributed by atoms with Crippen molar-refractivity contribution in [2.24, 2.45) is 0 Å². The summed E-state index contributed by atoms with van der Waals surface area (Å²) in [6, 6.07) is 41.6. The lowest BCUT2D eigenvalue weighted by Crippen LogP contribution is -2.29. The first kappa shape index (κ1) is 33.0. The van der Waals surface area contributed by atoms with E-state index in [0.717, 1.165) is 75.1 Å². The molecule has 0 atom stereocenters. The van der Waals surface area contributed by atoms with E-state index in [1.54, 1.807) is 45.3 Å². The highest BCUT2D eigenvalue weighted by molar-refractivity contribution is 7.33. The Bertz CT molecular complexity index is 2130. The third-order valence-electron chi connectivity index (χ3n) is 9.64. The molecule has 2 N–H and O–H groups in total. The van der Waals surface area contributed by atoms with Gasteiger partial charge in [-0.3, -0.25) is 0 Å². The number of benzene rings is 4. The Morgan fingerprint density at radius 2 is 0.680 bits per heavy atom. The summed E-state index contributed by atoms with van der Waals surface area (Å²) in [5.41, 5.74) is 7.23. The molecule has 0 bridgehead atoms. The quantitative estimate of drug-likeness (QED) is 0.164. The van der Waals surface area contributed by atoms with Gasteiger partial charge in [0, 0.05) is 30.3 Å². The van der Waals surface area contributed by atoms with Crippen LogP contribution in [-0.2, 0) is 11.2 Å². The van der Waals surface area contributed by atoms with Crippen LogP contribution in [0.2, 0.25) is 0 Å². The third kappa shape index (κ3) is 5.61. The van der Waals surface area contributed by atoms with E-state index in [1.165, 1.54) is 9.40 Å². The van der Waals surface area contributed by atoms with E-state index < -0.39 is 11.2 Å². The Morgan fingerprint density at radius 3 is 0.960 bits per heavy atom. The molecule has 8 rings (SSSR count). The van der Waals surface area contributed by atoms with Gasteiger partial charge in [0.25, 0.3) is 0 Å². The Hall–Kier alpha value is -4.14. The molecular weight excluding hydrogens is 689 g/mol. The molecule has 4 aromatic carbocycles. The lowest BCUT2D eigenvalue weighted by atomic mass is 9.80. The Kier molecular flexibility index (Phi) is 8.51. The molecule has 0 aliphatic heterocycles. The fraction of sp³-hybridized carbons (Fsp3) is 0.136. The summed E-state index contributed by atoms with van der Waals surface area (Å²) in [5, 5.41) is 29.7. The topological polar surface area (TPSA) is 40.5 Å². The predicted molar refractivity (Wildman–Crippen MR) is 215 cm³/mol. The van der Waals surface area contributed by atoms with E-state index in [0.29, 0.717) is 0 Å². The Balaban J connectivity index is 1.21. The monoisotopic (exact) mass is 724 g/mol. The van der Waals surface area contributed by atoms with Crippen molar-refractivity contribution >= 4 is 54.7 Å². The van der Waals surface area contributed by atoms with Crippen LogP contribution in [0, 0.1) is 27.7 Å². The minimum atomic E-state index is -1.30. The fourth-order valence-electron chi connectivity index (χ4n) is 6.76. The van der Waals surface area contributed by atoms with E-state index in [9.17, 15) is 10.2 Å². The standard InChI is InChI=1S/C44H36O2S4/c1-27-5-13-31(14-6-27)43(45,32-15-7-28(2)8-16-32)35-21-23-47-41(35)39-25-37-38(49-39)26-40(50-37)42-36(22-24-48-42)44(46,33-17-9-29(3)10-18-33)34-19-11-30(4)12-20-34/h5-26,45-46H,1-4H3. The van der Waals surface area contributed by atoms with Gasteiger partial charge < -0.3 is 10.2 Å². The molecule has 4 aromatic heterocycles. The van der Waals surface area contributed by atoms with Gasteiger partial charge in [0.05, 0.1) is 9.75 Å². The maximum Gasteiger partial charge on any atom is 0.142 e. The van der Waals surface area contributed by atoms with Crippen molar-refractivity contribution in [2.45, 2.75) is 38.9 Å². The molecule has 0 radical (unpaired) electrons. The first-order chi connectivity index (χ1) is 24.1. The van der Waals surface area contributed by atoms with Gasteiger partial charge >= 0.3 is 0 Å². The molecule has 0 unspecified atom stereocenters. The minimum absolute atomic E-state index is 0.854. The maximum atomic E-state index is 12.7. The van der Waals surface area contributed by atoms with E-state index >= 15 is 0 Å². The third-order valence-corrected chi connectivity index (χ3v) is 14.1. The molecule has 8 aromatic rings. The van der Waals surface area contributed by atoms with Crippen LogP contribution in [-0.4, -0.2) is 10.2 Å². The van der Waals surface area contributed by atoms with Crippen LogP contribution in [0.1, 0.15) is 55.6 Å². The number of rotatable bonds is 8. The Labute approximate surface area is 309 Å². The van der Waals surface area contributed by atoms with Crippen molar-refractivity contribution in [3.63, 3.8) is 0 Å². The molecule has 6 heteroatoms. The molecule has 4 heterocycles. The highest BCUT2D eigenvalue weighted by Gasteiger charge is 2.39. The molecule has 0 aliphatic rings. The summed E-state index contributed by atoms with van der Waals surface area (Å²) >= 11 is 6.87. The molecule has 0 fully saturated rings. The average Bonchev–Trinajstić information content (AvgIpc) is 3.93. The maximum absolute atomic E-state index is 12.7. The van der Waals surface area contributed by atoms with Crippen LogP contribution in [0.15, 0.2) is 132 Å². The van der Waals surface area contributed by atoms with Crippen molar-refractivity contribution < 1.29 is 10.2 Å². The van der Waals surface area contributed by atoms with E-state index in [2.05, 4.69) is 111 Å². The summed E-state index contributed by atoms with van der Waals surface area (Å²) < 4.78 is 2.39. The number of hydrogen-bond acceptors (Lipinski definition) is 6. The Morgan fingerprint density at radius 1 is 0.400 bits per heavy atom. The number of hydrogen-bond donors (Lipinski definition) is 2. The van der Waals surface area contributed by atoms with E-state index in [-0.39, 0.29) is 0 Å². The highest BCUT2D eigenvalue weighted by Crippen LogP contribution is 2.51. The largest absolute Gasteiger partial charge is 0.376 e. The van der Waals surface area contributed by atoms with Gasteiger partial charge in [0.15, 0.2) is 0 Å². The number of fused-ring (bicyclic) bond motifs is 1. The first-order valence-electron chi connectivity index (χ1n) is 16.6. The van der Waals surface area contributed by atoms with E-state index in [1.807, 2.05) is 48.5 Å². The van der Waals surface area contributed by atoms with Gasteiger partial charge in [-0.1, -0.05) is 119 Å². The normalized spacial score (nSPS) is 12.2. The molecule has 0 aliphatic carbocycles. The molecule has 0 saturated carbocycles. The van der Waals surface area contributed by atoms with Crippen LogP contribution in [0.5, 0.6) is 0 Å². The van der Waals surface area contributed by atoms with Gasteiger partial charge in [-0.25, -0.2) is 0 Å². The number of aryl methyl sites for hydroxylation is 4.